The molecule has 3 rings (SSSR count). The van der Waals surface area contributed by atoms with E-state index in [9.17, 15) is 0 Å². The third-order valence-corrected chi connectivity index (χ3v) is 2.62. The Morgan fingerprint density at radius 3 is 2.94 bits per heavy atom. The number of halogens is 1. The minimum Gasteiger partial charge on any atom is -0.338 e. The van der Waals surface area contributed by atoms with Gasteiger partial charge in [0, 0.05) is 18.2 Å². The molecule has 0 atom stereocenters. The van der Waals surface area contributed by atoms with Crippen molar-refractivity contribution in [3.8, 4) is 0 Å². The highest BCUT2D eigenvalue weighted by molar-refractivity contribution is 6.29. The first-order valence-corrected chi connectivity index (χ1v) is 5.49. The molecule has 0 spiro atoms. The Labute approximate surface area is 97.3 Å². The van der Waals surface area contributed by atoms with E-state index in [0.717, 1.165) is 24.4 Å². The van der Waals surface area contributed by atoms with E-state index in [4.69, 9.17) is 11.6 Å². The van der Waals surface area contributed by atoms with Crippen LogP contribution < -0.4 is 5.32 Å². The summed E-state index contributed by atoms with van der Waals surface area (Å²) in [6.45, 7) is 0. The molecule has 1 aliphatic rings. The van der Waals surface area contributed by atoms with E-state index in [1.54, 1.807) is 18.5 Å². The molecule has 1 aliphatic carbocycles. The molecule has 0 amide bonds. The van der Waals surface area contributed by atoms with Crippen LogP contribution in [0.25, 0.3) is 0 Å². The summed E-state index contributed by atoms with van der Waals surface area (Å²) in [6.07, 6.45) is 5.76. The molecule has 1 saturated carbocycles. The molecule has 0 unspecified atom stereocenters. The van der Waals surface area contributed by atoms with E-state index in [1.165, 1.54) is 0 Å². The molecule has 82 valence electrons. The summed E-state index contributed by atoms with van der Waals surface area (Å²) in [5.41, 5.74) is 0.858. The summed E-state index contributed by atoms with van der Waals surface area (Å²) in [5.74, 6) is 2.03. The highest BCUT2D eigenvalue weighted by Gasteiger charge is 2.27. The molecule has 0 saturated heterocycles. The number of nitrogens with zero attached hydrogens (tertiary/aromatic N) is 3. The zero-order valence-corrected chi connectivity index (χ0v) is 9.20. The summed E-state index contributed by atoms with van der Waals surface area (Å²) < 4.78 is 0. The summed E-state index contributed by atoms with van der Waals surface area (Å²) in [4.78, 5) is 8.64. The molecule has 2 aromatic rings. The maximum atomic E-state index is 5.95. The van der Waals surface area contributed by atoms with Gasteiger partial charge in [-0.1, -0.05) is 11.6 Å². The van der Waals surface area contributed by atoms with Gasteiger partial charge in [0.05, 0.1) is 11.9 Å². The van der Waals surface area contributed by atoms with Crippen LogP contribution in [0.5, 0.6) is 0 Å². The Morgan fingerprint density at radius 1 is 1.38 bits per heavy atom. The lowest BCUT2D eigenvalue weighted by Gasteiger charge is -2.05. The van der Waals surface area contributed by atoms with Gasteiger partial charge in [0.15, 0.2) is 0 Å². The number of aromatic amines is 1. The van der Waals surface area contributed by atoms with Gasteiger partial charge in [-0.25, -0.2) is 9.97 Å². The van der Waals surface area contributed by atoms with Crippen molar-refractivity contribution in [3.05, 3.63) is 29.4 Å². The van der Waals surface area contributed by atoms with E-state index in [0.29, 0.717) is 16.9 Å². The number of hydrogen-bond donors (Lipinski definition) is 2. The fraction of sp³-hybridized carbons (Fsp3) is 0.300. The van der Waals surface area contributed by atoms with Crippen LogP contribution in [-0.4, -0.2) is 20.2 Å². The number of aromatic nitrogens is 4. The topological polar surface area (TPSA) is 66.5 Å². The second-order valence-corrected chi connectivity index (χ2v) is 4.21. The van der Waals surface area contributed by atoms with Gasteiger partial charge in [-0.15, -0.1) is 0 Å². The van der Waals surface area contributed by atoms with Crippen LogP contribution in [0.1, 0.15) is 24.6 Å². The molecule has 2 aromatic heterocycles. The molecule has 6 heteroatoms. The summed E-state index contributed by atoms with van der Waals surface area (Å²) >= 11 is 5.95. The molecule has 0 bridgehead atoms. The van der Waals surface area contributed by atoms with Crippen molar-refractivity contribution in [1.29, 1.82) is 0 Å². The second-order valence-electron chi connectivity index (χ2n) is 3.82. The van der Waals surface area contributed by atoms with E-state index < -0.39 is 0 Å². The molecule has 5 nitrogen and oxygen atoms in total. The molecule has 0 aliphatic heterocycles. The first kappa shape index (κ1) is 9.59. The van der Waals surface area contributed by atoms with Crippen LogP contribution in [0, 0.1) is 0 Å². The van der Waals surface area contributed by atoms with E-state index in [1.807, 2.05) is 0 Å². The van der Waals surface area contributed by atoms with Crippen LogP contribution in [0.3, 0.4) is 0 Å². The van der Waals surface area contributed by atoms with E-state index in [2.05, 4.69) is 25.5 Å². The second kappa shape index (κ2) is 3.75. The smallest absolute Gasteiger partial charge is 0.135 e. The maximum Gasteiger partial charge on any atom is 0.135 e. The Morgan fingerprint density at radius 2 is 2.25 bits per heavy atom. The lowest BCUT2D eigenvalue weighted by Crippen LogP contribution is -1.98. The van der Waals surface area contributed by atoms with Gasteiger partial charge in [-0.3, -0.25) is 5.10 Å². The molecule has 2 N–H and O–H groups in total. The normalized spacial score (nSPS) is 15.1. The zero-order chi connectivity index (χ0) is 11.0. The predicted molar refractivity (Wildman–Crippen MR) is 60.9 cm³/mol. The van der Waals surface area contributed by atoms with Crippen molar-refractivity contribution in [2.75, 3.05) is 5.32 Å². The first-order chi connectivity index (χ1) is 7.81. The van der Waals surface area contributed by atoms with Crippen molar-refractivity contribution >= 4 is 23.1 Å². The van der Waals surface area contributed by atoms with Crippen molar-refractivity contribution < 1.29 is 0 Å². The van der Waals surface area contributed by atoms with Gasteiger partial charge in [0.25, 0.3) is 0 Å². The quantitative estimate of drug-likeness (QED) is 0.802. The summed E-state index contributed by atoms with van der Waals surface area (Å²) in [7, 11) is 0. The highest BCUT2D eigenvalue weighted by Crippen LogP contribution is 2.38. The zero-order valence-electron chi connectivity index (χ0n) is 8.44. The minimum atomic E-state index is 0.475. The predicted octanol–water partition coefficient (Wildman–Crippen LogP) is 2.47. The lowest BCUT2D eigenvalue weighted by atomic mass is 10.4. The largest absolute Gasteiger partial charge is 0.338 e. The molecular weight excluding hydrogens is 226 g/mol. The summed E-state index contributed by atoms with van der Waals surface area (Å²) in [5, 5.41) is 10.2. The van der Waals surface area contributed by atoms with Crippen molar-refractivity contribution in [2.45, 2.75) is 18.8 Å². The molecule has 0 radical (unpaired) electrons. The minimum absolute atomic E-state index is 0.475. The van der Waals surface area contributed by atoms with E-state index in [-0.39, 0.29) is 0 Å². The van der Waals surface area contributed by atoms with Crippen LogP contribution in [0.4, 0.5) is 11.5 Å². The van der Waals surface area contributed by atoms with Gasteiger partial charge in [0.2, 0.25) is 0 Å². The molecule has 2 heterocycles. The third kappa shape index (κ3) is 1.99. The Balaban J connectivity index is 1.88. The SMILES string of the molecule is Clc1cc(Nc2cn[nH]c2)nc(C2CC2)n1. The Bertz CT molecular complexity index is 492. The van der Waals surface area contributed by atoms with Crippen LogP contribution in [0.15, 0.2) is 18.5 Å². The fourth-order valence-corrected chi connectivity index (χ4v) is 1.68. The number of anilines is 2. The van der Waals surface area contributed by atoms with Gasteiger partial charge in [-0.05, 0) is 12.8 Å². The maximum absolute atomic E-state index is 5.95. The van der Waals surface area contributed by atoms with Crippen molar-refractivity contribution in [2.24, 2.45) is 0 Å². The number of H-pyrrole nitrogens is 1. The highest BCUT2D eigenvalue weighted by atomic mass is 35.5. The Kier molecular flexibility index (Phi) is 2.25. The average molecular weight is 236 g/mol. The van der Waals surface area contributed by atoms with Gasteiger partial charge in [-0.2, -0.15) is 5.10 Å². The van der Waals surface area contributed by atoms with Gasteiger partial charge >= 0.3 is 0 Å². The molecular formula is C10H10ClN5. The van der Waals surface area contributed by atoms with Gasteiger partial charge in [0.1, 0.15) is 16.8 Å². The van der Waals surface area contributed by atoms with E-state index >= 15 is 0 Å². The average Bonchev–Trinajstić information content (AvgIpc) is 2.98. The fourth-order valence-electron chi connectivity index (χ4n) is 1.49. The van der Waals surface area contributed by atoms with Crippen LogP contribution >= 0.6 is 11.6 Å². The monoisotopic (exact) mass is 235 g/mol. The first-order valence-electron chi connectivity index (χ1n) is 5.11. The number of nitrogens with one attached hydrogen (secondary N) is 2. The molecule has 1 fully saturated rings. The number of hydrogen-bond acceptors (Lipinski definition) is 4. The van der Waals surface area contributed by atoms with Crippen molar-refractivity contribution in [3.63, 3.8) is 0 Å². The molecule has 0 aromatic carbocycles. The van der Waals surface area contributed by atoms with Crippen LogP contribution in [-0.2, 0) is 0 Å². The standard InChI is InChI=1S/C10H10ClN5/c11-8-3-9(14-7-4-12-13-5-7)16-10(15-8)6-1-2-6/h3-6H,1-2H2,(H,12,13)(H,14,15,16). The van der Waals surface area contributed by atoms with Crippen molar-refractivity contribution in [1.82, 2.24) is 20.2 Å². The van der Waals surface area contributed by atoms with Crippen LogP contribution in [0.2, 0.25) is 5.15 Å². The molecule has 16 heavy (non-hydrogen) atoms. The number of rotatable bonds is 3. The Hall–Kier alpha value is -1.62. The lowest BCUT2D eigenvalue weighted by molar-refractivity contribution is 0.931. The summed E-state index contributed by atoms with van der Waals surface area (Å²) in [6, 6.07) is 1.71. The van der Waals surface area contributed by atoms with Gasteiger partial charge < -0.3 is 5.32 Å². The third-order valence-electron chi connectivity index (χ3n) is 2.43.